The van der Waals surface area contributed by atoms with Crippen molar-refractivity contribution in [1.82, 2.24) is 16.0 Å². The predicted octanol–water partition coefficient (Wildman–Crippen LogP) is 0.991. The lowest BCUT2D eigenvalue weighted by Gasteiger charge is -2.30. The number of benzene rings is 1. The van der Waals surface area contributed by atoms with E-state index in [0.717, 1.165) is 12.8 Å². The predicted molar refractivity (Wildman–Crippen MR) is 107 cm³/mol. The van der Waals surface area contributed by atoms with Gasteiger partial charge in [0.05, 0.1) is 5.75 Å². The van der Waals surface area contributed by atoms with Crippen LogP contribution in [0.3, 0.4) is 0 Å². The maximum atomic E-state index is 12.1. The number of hydrogen-bond acceptors (Lipinski definition) is 6. The molecule has 3 amide bonds. The molecule has 1 aromatic carbocycles. The lowest BCUT2D eigenvalue weighted by Crippen LogP contribution is -2.56. The Labute approximate surface area is 167 Å². The van der Waals surface area contributed by atoms with E-state index >= 15 is 0 Å². The van der Waals surface area contributed by atoms with E-state index in [2.05, 4.69) is 21.3 Å². The monoisotopic (exact) mass is 404 g/mol. The fraction of sp³-hybridized carbons (Fsp3) is 0.474. The van der Waals surface area contributed by atoms with Gasteiger partial charge in [-0.15, -0.1) is 11.8 Å². The van der Waals surface area contributed by atoms with Crippen molar-refractivity contribution in [2.24, 2.45) is 0 Å². The topological polar surface area (TPSA) is 116 Å². The quantitative estimate of drug-likeness (QED) is 0.480. The molecule has 1 aliphatic heterocycles. The standard InChI is InChI=1S/C19H24N4O4S/c1-11(24)12-2-4-13(5-3-12)21-18(27)10-28-19-22-15(9-17(26)23-19)8-16(25)20-14-6-7-14/h2-5,14-15,19,22H,6-10H2,1H3,(H,20,25)(H,21,27)(H,23,26). The average molecular weight is 404 g/mol. The zero-order valence-electron chi connectivity index (χ0n) is 15.6. The molecule has 3 rings (SSSR count). The third-order valence-electron chi connectivity index (χ3n) is 4.44. The van der Waals surface area contributed by atoms with Gasteiger partial charge in [0.15, 0.2) is 5.78 Å². The van der Waals surface area contributed by atoms with E-state index in [-0.39, 0.29) is 48.1 Å². The van der Waals surface area contributed by atoms with Gasteiger partial charge in [-0.2, -0.15) is 0 Å². The van der Waals surface area contributed by atoms with Crippen LogP contribution >= 0.6 is 11.8 Å². The highest BCUT2D eigenvalue weighted by molar-refractivity contribution is 8.00. The van der Waals surface area contributed by atoms with Crippen molar-refractivity contribution in [3.05, 3.63) is 29.8 Å². The van der Waals surface area contributed by atoms with Gasteiger partial charge in [-0.1, -0.05) is 0 Å². The summed E-state index contributed by atoms with van der Waals surface area (Å²) in [6.45, 7) is 1.48. The number of Topliss-reactive ketones (excluding diaryl/α,β-unsaturated/α-hetero) is 1. The Kier molecular flexibility index (Phi) is 6.69. The third kappa shape index (κ3) is 6.35. The van der Waals surface area contributed by atoms with E-state index < -0.39 is 5.50 Å². The van der Waals surface area contributed by atoms with Gasteiger partial charge >= 0.3 is 0 Å². The minimum atomic E-state index is -0.425. The zero-order chi connectivity index (χ0) is 20.1. The molecule has 8 nitrogen and oxygen atoms in total. The summed E-state index contributed by atoms with van der Waals surface area (Å²) in [7, 11) is 0. The number of rotatable bonds is 8. The normalized spacial score (nSPS) is 21.5. The number of hydrogen-bond donors (Lipinski definition) is 4. The van der Waals surface area contributed by atoms with Gasteiger partial charge in [-0.3, -0.25) is 24.5 Å². The van der Waals surface area contributed by atoms with E-state index in [1.165, 1.54) is 18.7 Å². The lowest BCUT2D eigenvalue weighted by molar-refractivity contribution is -0.125. The number of anilines is 1. The molecule has 0 aromatic heterocycles. The van der Waals surface area contributed by atoms with Crippen LogP contribution in [0.4, 0.5) is 5.69 Å². The molecule has 150 valence electrons. The molecular formula is C19H24N4O4S. The van der Waals surface area contributed by atoms with Crippen LogP contribution in [0.15, 0.2) is 24.3 Å². The molecule has 1 saturated heterocycles. The summed E-state index contributed by atoms with van der Waals surface area (Å²) in [5, 5.41) is 11.6. The first-order chi connectivity index (χ1) is 13.4. The Balaban J connectivity index is 1.43. The molecule has 2 atom stereocenters. The minimum Gasteiger partial charge on any atom is -0.353 e. The minimum absolute atomic E-state index is 0.0343. The van der Waals surface area contributed by atoms with Gasteiger partial charge in [-0.25, -0.2) is 0 Å². The zero-order valence-corrected chi connectivity index (χ0v) is 16.4. The van der Waals surface area contributed by atoms with Crippen LogP contribution < -0.4 is 21.3 Å². The first-order valence-electron chi connectivity index (χ1n) is 9.26. The number of thioether (sulfide) groups is 1. The molecule has 2 unspecified atom stereocenters. The van der Waals surface area contributed by atoms with E-state index in [4.69, 9.17) is 0 Å². The maximum absolute atomic E-state index is 12.1. The highest BCUT2D eigenvalue weighted by Crippen LogP contribution is 2.20. The van der Waals surface area contributed by atoms with E-state index in [9.17, 15) is 19.2 Å². The number of ketones is 1. The Morgan fingerprint density at radius 1 is 1.14 bits per heavy atom. The summed E-state index contributed by atoms with van der Waals surface area (Å²) >= 11 is 1.25. The molecule has 1 aromatic rings. The molecule has 2 aliphatic rings. The van der Waals surface area contributed by atoms with Crippen molar-refractivity contribution in [1.29, 1.82) is 0 Å². The van der Waals surface area contributed by atoms with Gasteiger partial charge in [0.1, 0.15) is 5.50 Å². The Bertz CT molecular complexity index is 764. The molecule has 4 N–H and O–H groups in total. The summed E-state index contributed by atoms with van der Waals surface area (Å²) in [4.78, 5) is 47.2. The smallest absolute Gasteiger partial charge is 0.234 e. The molecule has 0 spiro atoms. The molecule has 1 saturated carbocycles. The molecule has 9 heteroatoms. The highest BCUT2D eigenvalue weighted by atomic mass is 32.2. The van der Waals surface area contributed by atoms with Crippen molar-refractivity contribution >= 4 is 41.0 Å². The van der Waals surface area contributed by atoms with E-state index in [1.807, 2.05) is 0 Å². The Morgan fingerprint density at radius 2 is 1.86 bits per heavy atom. The van der Waals surface area contributed by atoms with Gasteiger partial charge in [0.25, 0.3) is 0 Å². The molecule has 1 aliphatic carbocycles. The Morgan fingerprint density at radius 3 is 2.50 bits per heavy atom. The van der Waals surface area contributed by atoms with Gasteiger partial charge in [0, 0.05) is 36.2 Å². The van der Waals surface area contributed by atoms with Crippen molar-refractivity contribution < 1.29 is 19.2 Å². The number of carbonyl (C=O) groups is 4. The first kappa shape index (κ1) is 20.3. The van der Waals surface area contributed by atoms with Crippen LogP contribution in [0.5, 0.6) is 0 Å². The van der Waals surface area contributed by atoms with Crippen molar-refractivity contribution in [3.63, 3.8) is 0 Å². The molecular weight excluding hydrogens is 380 g/mol. The van der Waals surface area contributed by atoms with E-state index in [0.29, 0.717) is 17.3 Å². The van der Waals surface area contributed by atoms with Crippen LogP contribution in [-0.2, 0) is 14.4 Å². The molecule has 0 bridgehead atoms. The van der Waals surface area contributed by atoms with Crippen molar-refractivity contribution in [2.45, 2.75) is 50.2 Å². The van der Waals surface area contributed by atoms with Gasteiger partial charge in [0.2, 0.25) is 17.7 Å². The second-order valence-corrected chi connectivity index (χ2v) is 8.15. The van der Waals surface area contributed by atoms with Gasteiger partial charge in [-0.05, 0) is 44.0 Å². The largest absolute Gasteiger partial charge is 0.353 e. The molecule has 2 fully saturated rings. The second-order valence-electron chi connectivity index (χ2n) is 7.05. The van der Waals surface area contributed by atoms with Crippen molar-refractivity contribution in [3.8, 4) is 0 Å². The fourth-order valence-corrected chi connectivity index (χ4v) is 3.74. The summed E-state index contributed by atoms with van der Waals surface area (Å²) in [5.74, 6) is -0.308. The summed E-state index contributed by atoms with van der Waals surface area (Å²) in [6.07, 6.45) is 2.53. The third-order valence-corrected chi connectivity index (χ3v) is 5.46. The molecule has 28 heavy (non-hydrogen) atoms. The Hall–Kier alpha value is -2.39. The second kappa shape index (κ2) is 9.20. The van der Waals surface area contributed by atoms with E-state index in [1.54, 1.807) is 24.3 Å². The van der Waals surface area contributed by atoms with Crippen LogP contribution in [0, 0.1) is 0 Å². The SMILES string of the molecule is CC(=O)c1ccc(NC(=O)CSC2NC(=O)CC(CC(=O)NC3CC3)N2)cc1. The lowest BCUT2D eigenvalue weighted by atomic mass is 10.1. The first-order valence-corrected chi connectivity index (χ1v) is 10.3. The average Bonchev–Trinajstić information content (AvgIpc) is 3.43. The number of amides is 3. The fourth-order valence-electron chi connectivity index (χ4n) is 2.85. The molecule has 0 radical (unpaired) electrons. The van der Waals surface area contributed by atoms with Crippen LogP contribution in [0.25, 0.3) is 0 Å². The van der Waals surface area contributed by atoms with Crippen LogP contribution in [-0.4, -0.2) is 46.8 Å². The van der Waals surface area contributed by atoms with Crippen molar-refractivity contribution in [2.75, 3.05) is 11.1 Å². The molecule has 1 heterocycles. The number of carbonyl (C=O) groups excluding carboxylic acids is 4. The maximum Gasteiger partial charge on any atom is 0.234 e. The van der Waals surface area contributed by atoms with Crippen LogP contribution in [0.2, 0.25) is 0 Å². The van der Waals surface area contributed by atoms with Crippen LogP contribution in [0.1, 0.15) is 43.0 Å². The summed E-state index contributed by atoms with van der Waals surface area (Å²) in [6, 6.07) is 6.72. The highest BCUT2D eigenvalue weighted by Gasteiger charge is 2.30. The summed E-state index contributed by atoms with van der Waals surface area (Å²) < 4.78 is 0. The van der Waals surface area contributed by atoms with Gasteiger partial charge < -0.3 is 16.0 Å². The number of nitrogens with one attached hydrogen (secondary N) is 4. The summed E-state index contributed by atoms with van der Waals surface area (Å²) in [5.41, 5.74) is 0.759.